The van der Waals surface area contributed by atoms with E-state index in [4.69, 9.17) is 16.3 Å². The van der Waals surface area contributed by atoms with Crippen molar-refractivity contribution in [3.05, 3.63) is 59.0 Å². The molecule has 2 heterocycles. The molecular weight excluding hydrogens is 388 g/mol. The highest BCUT2D eigenvalue weighted by Gasteiger charge is 2.32. The first kappa shape index (κ1) is 18.4. The first-order chi connectivity index (χ1) is 13.3. The number of nitrogens with zero attached hydrogens (tertiary/aromatic N) is 4. The first-order valence-electron chi connectivity index (χ1n) is 8.43. The quantitative estimate of drug-likeness (QED) is 0.540. The van der Waals surface area contributed by atoms with Crippen molar-refractivity contribution in [3.63, 3.8) is 0 Å². The van der Waals surface area contributed by atoms with Crippen LogP contribution in [0.2, 0.25) is 5.02 Å². The van der Waals surface area contributed by atoms with E-state index >= 15 is 0 Å². The molecule has 0 bridgehead atoms. The van der Waals surface area contributed by atoms with Crippen LogP contribution in [-0.2, 0) is 12.6 Å². The monoisotopic (exact) mass is 403 g/mol. The lowest BCUT2D eigenvalue weighted by molar-refractivity contribution is 0.0836. The number of hydrogen-bond donors (Lipinski definition) is 1. The van der Waals surface area contributed by atoms with Crippen molar-refractivity contribution in [2.45, 2.75) is 19.4 Å². The third kappa shape index (κ3) is 3.09. The summed E-state index contributed by atoms with van der Waals surface area (Å²) in [6.07, 6.45) is 1.72. The number of aromatic amines is 1. The first-order valence-corrected chi connectivity index (χ1v) is 8.81. The summed E-state index contributed by atoms with van der Waals surface area (Å²) in [5.41, 5.74) is 0.577. The van der Waals surface area contributed by atoms with E-state index in [2.05, 4.69) is 20.4 Å². The summed E-state index contributed by atoms with van der Waals surface area (Å²) in [6.45, 7) is 3.32. The van der Waals surface area contributed by atoms with Crippen LogP contribution >= 0.6 is 11.6 Å². The molecule has 0 fully saturated rings. The Morgan fingerprint density at radius 2 is 1.82 bits per heavy atom. The maximum absolute atomic E-state index is 14.1. The summed E-state index contributed by atoms with van der Waals surface area (Å²) in [7, 11) is 1.77. The van der Waals surface area contributed by atoms with Gasteiger partial charge in [-0.25, -0.2) is 8.78 Å². The van der Waals surface area contributed by atoms with Crippen LogP contribution in [0.5, 0.6) is 5.75 Å². The van der Waals surface area contributed by atoms with Gasteiger partial charge < -0.3 is 9.30 Å². The van der Waals surface area contributed by atoms with Crippen molar-refractivity contribution in [2.24, 2.45) is 7.05 Å². The Balaban J connectivity index is 1.71. The Hall–Kier alpha value is -3.00. The van der Waals surface area contributed by atoms with Crippen LogP contribution in [0.1, 0.15) is 19.7 Å². The highest BCUT2D eigenvalue weighted by molar-refractivity contribution is 6.30. The van der Waals surface area contributed by atoms with Crippen LogP contribution in [0.15, 0.2) is 36.5 Å². The molecule has 0 radical (unpaired) electrons. The van der Waals surface area contributed by atoms with E-state index in [-0.39, 0.29) is 5.02 Å². The molecule has 0 atom stereocenters. The number of fused-ring (bicyclic) bond motifs is 1. The van der Waals surface area contributed by atoms with Gasteiger partial charge in [0.05, 0.1) is 11.7 Å². The van der Waals surface area contributed by atoms with Crippen LogP contribution in [0.4, 0.5) is 8.78 Å². The molecule has 9 heteroatoms. The smallest absolute Gasteiger partial charge is 0.192 e. The fourth-order valence-electron chi connectivity index (χ4n) is 3.11. The van der Waals surface area contributed by atoms with Crippen molar-refractivity contribution in [1.82, 2.24) is 25.0 Å². The van der Waals surface area contributed by atoms with Gasteiger partial charge in [-0.05, 0) is 44.2 Å². The zero-order valence-electron chi connectivity index (χ0n) is 15.3. The van der Waals surface area contributed by atoms with Crippen LogP contribution in [0, 0.1) is 11.6 Å². The van der Waals surface area contributed by atoms with Gasteiger partial charge in [-0.2, -0.15) is 5.10 Å². The van der Waals surface area contributed by atoms with Crippen molar-refractivity contribution in [3.8, 4) is 17.1 Å². The maximum atomic E-state index is 14.1. The predicted molar refractivity (Wildman–Crippen MR) is 101 cm³/mol. The molecule has 4 aromatic rings. The van der Waals surface area contributed by atoms with Gasteiger partial charge in [0.25, 0.3) is 0 Å². The van der Waals surface area contributed by atoms with Crippen LogP contribution in [0.25, 0.3) is 22.3 Å². The van der Waals surface area contributed by atoms with Crippen LogP contribution in [-0.4, -0.2) is 25.0 Å². The second-order valence-corrected chi connectivity index (χ2v) is 7.33. The van der Waals surface area contributed by atoms with Gasteiger partial charge in [-0.1, -0.05) is 11.6 Å². The molecule has 0 amide bonds. The average Bonchev–Trinajstić information content (AvgIpc) is 3.24. The van der Waals surface area contributed by atoms with Gasteiger partial charge in [0.2, 0.25) is 0 Å². The highest BCUT2D eigenvalue weighted by atomic mass is 35.5. The fraction of sp³-hybridized carbons (Fsp3) is 0.211. The Kier molecular flexibility index (Phi) is 4.30. The van der Waals surface area contributed by atoms with E-state index in [0.717, 1.165) is 28.6 Å². The number of halogens is 3. The molecule has 6 nitrogen and oxygen atoms in total. The van der Waals surface area contributed by atoms with Crippen molar-refractivity contribution in [1.29, 1.82) is 0 Å². The number of nitrogens with one attached hydrogen (secondary N) is 1. The SMILES string of the molecule is Cn1c(-c2ccc3[nH]ncc3c2)nnc1C(C)(C)Oc1c(F)cc(Cl)cc1F. The molecule has 144 valence electrons. The second-order valence-electron chi connectivity index (χ2n) is 6.89. The lowest BCUT2D eigenvalue weighted by atomic mass is 10.1. The summed E-state index contributed by atoms with van der Waals surface area (Å²) in [5, 5.41) is 16.2. The third-order valence-corrected chi connectivity index (χ3v) is 4.65. The molecule has 0 aliphatic heterocycles. The summed E-state index contributed by atoms with van der Waals surface area (Å²) in [5.74, 6) is -1.29. The van der Waals surface area contributed by atoms with Gasteiger partial charge in [0.1, 0.15) is 0 Å². The zero-order valence-corrected chi connectivity index (χ0v) is 16.1. The number of hydrogen-bond acceptors (Lipinski definition) is 4. The largest absolute Gasteiger partial charge is 0.474 e. The van der Waals surface area contributed by atoms with E-state index < -0.39 is 23.0 Å². The molecular formula is C19H16ClF2N5O. The van der Waals surface area contributed by atoms with Gasteiger partial charge in [-0.3, -0.25) is 5.10 Å². The molecule has 0 aliphatic rings. The number of benzene rings is 2. The standard InChI is InChI=1S/C19H16ClF2N5O/c1-19(2,28-16-13(21)7-12(20)8-14(16)22)18-26-25-17(27(18)3)10-4-5-15-11(6-10)9-23-24-15/h4-9H,1-3H3,(H,23,24). The molecule has 0 saturated carbocycles. The molecule has 0 spiro atoms. The zero-order chi connectivity index (χ0) is 20.1. The van der Waals surface area contributed by atoms with Gasteiger partial charge in [0, 0.05) is 23.0 Å². The normalized spacial score (nSPS) is 11.9. The predicted octanol–water partition coefficient (Wildman–Crippen LogP) is 4.60. The number of aromatic nitrogens is 5. The molecule has 4 rings (SSSR count). The van der Waals surface area contributed by atoms with Gasteiger partial charge in [-0.15, -0.1) is 10.2 Å². The lowest BCUT2D eigenvalue weighted by Crippen LogP contribution is -2.30. The highest BCUT2D eigenvalue weighted by Crippen LogP contribution is 2.33. The minimum atomic E-state index is -1.16. The maximum Gasteiger partial charge on any atom is 0.192 e. The fourth-order valence-corrected chi connectivity index (χ4v) is 3.31. The summed E-state index contributed by atoms with van der Waals surface area (Å²) in [4.78, 5) is 0. The molecule has 2 aromatic carbocycles. The van der Waals surface area contributed by atoms with Crippen LogP contribution < -0.4 is 4.74 Å². The molecule has 0 saturated heterocycles. The molecule has 0 unspecified atom stereocenters. The van der Waals surface area contributed by atoms with E-state index in [0.29, 0.717) is 11.6 Å². The average molecular weight is 404 g/mol. The van der Waals surface area contributed by atoms with Gasteiger partial charge >= 0.3 is 0 Å². The number of rotatable bonds is 4. The van der Waals surface area contributed by atoms with Crippen molar-refractivity contribution in [2.75, 3.05) is 0 Å². The Morgan fingerprint density at radius 3 is 2.54 bits per heavy atom. The van der Waals surface area contributed by atoms with E-state index in [9.17, 15) is 8.78 Å². The van der Waals surface area contributed by atoms with Crippen molar-refractivity contribution >= 4 is 22.5 Å². The Bertz CT molecular complexity index is 1160. The van der Waals surface area contributed by atoms with Crippen LogP contribution in [0.3, 0.4) is 0 Å². The van der Waals surface area contributed by atoms with Gasteiger partial charge in [0.15, 0.2) is 34.6 Å². The summed E-state index contributed by atoms with van der Waals surface area (Å²) < 4.78 is 35.7. The third-order valence-electron chi connectivity index (χ3n) is 4.43. The summed E-state index contributed by atoms with van der Waals surface area (Å²) >= 11 is 5.67. The topological polar surface area (TPSA) is 68.6 Å². The lowest BCUT2D eigenvalue weighted by Gasteiger charge is -2.26. The Labute approximate surface area is 164 Å². The minimum absolute atomic E-state index is 0.0456. The summed E-state index contributed by atoms with van der Waals surface area (Å²) in [6, 6.07) is 7.71. The number of ether oxygens (including phenoxy) is 1. The molecule has 1 N–H and O–H groups in total. The molecule has 2 aromatic heterocycles. The van der Waals surface area contributed by atoms with E-state index in [1.54, 1.807) is 31.7 Å². The van der Waals surface area contributed by atoms with E-state index in [1.807, 2.05) is 18.2 Å². The molecule has 28 heavy (non-hydrogen) atoms. The minimum Gasteiger partial charge on any atom is -0.474 e. The molecule has 0 aliphatic carbocycles. The van der Waals surface area contributed by atoms with Crippen molar-refractivity contribution < 1.29 is 13.5 Å². The number of H-pyrrole nitrogens is 1. The second kappa shape index (κ2) is 6.56. The van der Waals surface area contributed by atoms with E-state index in [1.165, 1.54) is 0 Å². The Morgan fingerprint density at radius 1 is 1.11 bits per heavy atom.